The summed E-state index contributed by atoms with van der Waals surface area (Å²) in [6.07, 6.45) is 3.80. The molecule has 1 atom stereocenters. The van der Waals surface area contributed by atoms with Crippen molar-refractivity contribution in [3.63, 3.8) is 0 Å². The topological polar surface area (TPSA) is 30.5 Å². The zero-order valence-corrected chi connectivity index (χ0v) is 13.8. The second-order valence-electron chi connectivity index (χ2n) is 7.13. The third kappa shape index (κ3) is 6.06. The van der Waals surface area contributed by atoms with Gasteiger partial charge in [0, 0.05) is 19.2 Å². The molecule has 21 heavy (non-hydrogen) atoms. The predicted molar refractivity (Wildman–Crippen MR) is 86.8 cm³/mol. The van der Waals surface area contributed by atoms with Gasteiger partial charge in [-0.15, -0.1) is 0 Å². The minimum atomic E-state index is 0.124. The predicted octanol–water partition coefficient (Wildman–Crippen LogP) is 3.94. The van der Waals surface area contributed by atoms with E-state index in [0.29, 0.717) is 11.5 Å². The monoisotopic (exact) mass is 291 g/mol. The van der Waals surface area contributed by atoms with E-state index in [9.17, 15) is 0 Å². The van der Waals surface area contributed by atoms with Crippen molar-refractivity contribution in [2.75, 3.05) is 20.3 Å². The van der Waals surface area contributed by atoms with Crippen LogP contribution in [0.2, 0.25) is 0 Å². The number of benzene rings is 1. The van der Waals surface area contributed by atoms with Crippen molar-refractivity contribution in [3.8, 4) is 5.75 Å². The molecule has 1 aromatic rings. The van der Waals surface area contributed by atoms with Gasteiger partial charge in [0.15, 0.2) is 0 Å². The smallest absolute Gasteiger partial charge is 0.118 e. The largest absolute Gasteiger partial charge is 0.497 e. The number of rotatable bonds is 8. The summed E-state index contributed by atoms with van der Waals surface area (Å²) in [7, 11) is 1.70. The molecule has 118 valence electrons. The molecule has 1 aliphatic rings. The minimum absolute atomic E-state index is 0.124. The van der Waals surface area contributed by atoms with Crippen LogP contribution in [0.4, 0.5) is 0 Å². The van der Waals surface area contributed by atoms with Gasteiger partial charge in [-0.3, -0.25) is 0 Å². The molecule has 0 aliphatic heterocycles. The average molecular weight is 291 g/mol. The molecule has 0 amide bonds. The summed E-state index contributed by atoms with van der Waals surface area (Å²) in [6, 6.07) is 8.93. The molecule has 1 aliphatic carbocycles. The maximum Gasteiger partial charge on any atom is 0.118 e. The highest BCUT2D eigenvalue weighted by atomic mass is 16.5. The van der Waals surface area contributed by atoms with Crippen molar-refractivity contribution < 1.29 is 9.47 Å². The average Bonchev–Trinajstić information content (AvgIpc) is 3.26. The molecule has 1 fully saturated rings. The standard InChI is InChI=1S/C18H29NO2/c1-18(2,3)11-12-21-17(13-19-15-7-8-15)14-5-9-16(20-4)10-6-14/h5-6,9-10,15,17,19H,7-8,11-13H2,1-4H3. The Kier molecular flexibility index (Phi) is 5.65. The molecule has 0 radical (unpaired) electrons. The van der Waals surface area contributed by atoms with Crippen molar-refractivity contribution in [2.45, 2.75) is 52.2 Å². The van der Waals surface area contributed by atoms with E-state index in [1.54, 1.807) is 7.11 Å². The van der Waals surface area contributed by atoms with E-state index in [-0.39, 0.29) is 6.10 Å². The molecule has 1 N–H and O–H groups in total. The summed E-state index contributed by atoms with van der Waals surface area (Å²) in [4.78, 5) is 0. The van der Waals surface area contributed by atoms with E-state index in [4.69, 9.17) is 9.47 Å². The summed E-state index contributed by atoms with van der Waals surface area (Å²) >= 11 is 0. The minimum Gasteiger partial charge on any atom is -0.497 e. The van der Waals surface area contributed by atoms with Gasteiger partial charge >= 0.3 is 0 Å². The zero-order valence-electron chi connectivity index (χ0n) is 13.8. The van der Waals surface area contributed by atoms with Crippen molar-refractivity contribution in [2.24, 2.45) is 5.41 Å². The van der Waals surface area contributed by atoms with Crippen LogP contribution < -0.4 is 10.1 Å². The van der Waals surface area contributed by atoms with Crippen molar-refractivity contribution in [1.29, 1.82) is 0 Å². The maximum absolute atomic E-state index is 6.15. The van der Waals surface area contributed by atoms with E-state index in [0.717, 1.165) is 25.3 Å². The highest BCUT2D eigenvalue weighted by Gasteiger charge is 2.23. The van der Waals surface area contributed by atoms with Gasteiger partial charge in [-0.05, 0) is 42.4 Å². The Bertz CT molecular complexity index is 418. The van der Waals surface area contributed by atoms with Gasteiger partial charge in [-0.2, -0.15) is 0 Å². The van der Waals surface area contributed by atoms with Crippen molar-refractivity contribution in [3.05, 3.63) is 29.8 Å². The maximum atomic E-state index is 6.15. The normalized spacial score (nSPS) is 16.8. The first-order valence-corrected chi connectivity index (χ1v) is 7.97. The first kappa shape index (κ1) is 16.3. The Morgan fingerprint density at radius 1 is 1.19 bits per heavy atom. The number of hydrogen-bond acceptors (Lipinski definition) is 3. The molecule has 1 saturated carbocycles. The summed E-state index contributed by atoms with van der Waals surface area (Å²) in [5.74, 6) is 0.891. The van der Waals surface area contributed by atoms with Crippen LogP contribution in [0.5, 0.6) is 5.75 Å². The molecule has 0 heterocycles. The molecule has 0 spiro atoms. The summed E-state index contributed by atoms with van der Waals surface area (Å²) in [5.41, 5.74) is 1.53. The molecule has 0 saturated heterocycles. The van der Waals surface area contributed by atoms with Crippen molar-refractivity contribution >= 4 is 0 Å². The molecule has 0 bridgehead atoms. The van der Waals surface area contributed by atoms with Gasteiger partial charge in [-0.1, -0.05) is 32.9 Å². The fourth-order valence-electron chi connectivity index (χ4n) is 2.16. The second kappa shape index (κ2) is 7.28. The van der Waals surface area contributed by atoms with Crippen LogP contribution in [-0.4, -0.2) is 26.3 Å². The van der Waals surface area contributed by atoms with Crippen LogP contribution in [0.25, 0.3) is 0 Å². The molecule has 2 rings (SSSR count). The van der Waals surface area contributed by atoms with Crippen LogP contribution >= 0.6 is 0 Å². The van der Waals surface area contributed by atoms with Crippen LogP contribution in [0, 0.1) is 5.41 Å². The van der Waals surface area contributed by atoms with Gasteiger partial charge in [-0.25, -0.2) is 0 Å². The Morgan fingerprint density at radius 3 is 2.38 bits per heavy atom. The van der Waals surface area contributed by atoms with E-state index in [2.05, 4.69) is 38.2 Å². The molecule has 0 aromatic heterocycles. The van der Waals surface area contributed by atoms with Crippen LogP contribution in [-0.2, 0) is 4.74 Å². The third-order valence-electron chi connectivity index (χ3n) is 3.83. The molecule has 1 aromatic carbocycles. The molecule has 3 nitrogen and oxygen atoms in total. The van der Waals surface area contributed by atoms with E-state index >= 15 is 0 Å². The number of methoxy groups -OCH3 is 1. The van der Waals surface area contributed by atoms with Crippen LogP contribution in [0.15, 0.2) is 24.3 Å². The summed E-state index contributed by atoms with van der Waals surface area (Å²) in [6.45, 7) is 8.44. The number of ether oxygens (including phenoxy) is 2. The van der Waals surface area contributed by atoms with E-state index in [1.165, 1.54) is 18.4 Å². The lowest BCUT2D eigenvalue weighted by molar-refractivity contribution is 0.0367. The molecular weight excluding hydrogens is 262 g/mol. The first-order valence-electron chi connectivity index (χ1n) is 7.97. The highest BCUT2D eigenvalue weighted by Crippen LogP contribution is 2.25. The molecule has 3 heteroatoms. The second-order valence-corrected chi connectivity index (χ2v) is 7.13. The fourth-order valence-corrected chi connectivity index (χ4v) is 2.16. The number of nitrogens with one attached hydrogen (secondary N) is 1. The van der Waals surface area contributed by atoms with E-state index < -0.39 is 0 Å². The first-order chi connectivity index (χ1) is 9.98. The van der Waals surface area contributed by atoms with Crippen LogP contribution in [0.3, 0.4) is 0 Å². The van der Waals surface area contributed by atoms with Gasteiger partial charge in [0.25, 0.3) is 0 Å². The quantitative estimate of drug-likeness (QED) is 0.787. The molecular formula is C18H29NO2. The van der Waals surface area contributed by atoms with Crippen molar-refractivity contribution in [1.82, 2.24) is 5.32 Å². The Balaban J connectivity index is 1.92. The lowest BCUT2D eigenvalue weighted by Gasteiger charge is -2.23. The Labute approximate surface area is 129 Å². The lowest BCUT2D eigenvalue weighted by Crippen LogP contribution is -2.26. The van der Waals surface area contributed by atoms with Gasteiger partial charge in [0.05, 0.1) is 13.2 Å². The van der Waals surface area contributed by atoms with Gasteiger partial charge in [0.2, 0.25) is 0 Å². The SMILES string of the molecule is COc1ccc(C(CNC2CC2)OCCC(C)(C)C)cc1. The third-order valence-corrected chi connectivity index (χ3v) is 3.83. The number of hydrogen-bond donors (Lipinski definition) is 1. The molecule has 1 unspecified atom stereocenters. The highest BCUT2D eigenvalue weighted by molar-refractivity contribution is 5.28. The zero-order chi connectivity index (χ0) is 15.3. The summed E-state index contributed by atoms with van der Waals surface area (Å²) < 4.78 is 11.4. The summed E-state index contributed by atoms with van der Waals surface area (Å²) in [5, 5.41) is 3.58. The van der Waals surface area contributed by atoms with E-state index in [1.807, 2.05) is 12.1 Å². The van der Waals surface area contributed by atoms with Gasteiger partial charge in [0.1, 0.15) is 5.75 Å². The Hall–Kier alpha value is -1.06. The Morgan fingerprint density at radius 2 is 1.86 bits per heavy atom. The fraction of sp³-hybridized carbons (Fsp3) is 0.667. The lowest BCUT2D eigenvalue weighted by atomic mass is 9.93. The van der Waals surface area contributed by atoms with Crippen LogP contribution in [0.1, 0.15) is 51.7 Å². The van der Waals surface area contributed by atoms with Gasteiger partial charge < -0.3 is 14.8 Å².